The third-order valence-electron chi connectivity index (χ3n) is 4.18. The summed E-state index contributed by atoms with van der Waals surface area (Å²) in [6, 6.07) is 12.3. The van der Waals surface area contributed by atoms with E-state index in [0.29, 0.717) is 28.5 Å². The monoisotopic (exact) mass is 377 g/mol. The first-order valence-electron chi connectivity index (χ1n) is 8.34. The Bertz CT molecular complexity index is 1210. The van der Waals surface area contributed by atoms with Crippen LogP contribution in [0.4, 0.5) is 0 Å². The fraction of sp³-hybridized carbons (Fsp3) is 0.105. The average Bonchev–Trinajstić information content (AvgIpc) is 3.03. The van der Waals surface area contributed by atoms with Crippen molar-refractivity contribution in [2.75, 3.05) is 7.11 Å². The number of hydrogen-bond donors (Lipinski definition) is 1. The molecule has 0 aliphatic heterocycles. The van der Waals surface area contributed by atoms with Crippen LogP contribution in [0.5, 0.6) is 5.75 Å². The Hall–Kier alpha value is -4.01. The Morgan fingerprint density at radius 1 is 1.11 bits per heavy atom. The molecule has 1 aromatic carbocycles. The van der Waals surface area contributed by atoms with E-state index in [1.807, 2.05) is 0 Å². The van der Waals surface area contributed by atoms with Crippen molar-refractivity contribution in [2.45, 2.75) is 6.54 Å². The molecule has 4 aromatic rings. The summed E-state index contributed by atoms with van der Waals surface area (Å²) in [6.45, 7) is -0.535. The van der Waals surface area contributed by atoms with Crippen LogP contribution in [0, 0.1) is 0 Å². The summed E-state index contributed by atoms with van der Waals surface area (Å²) < 4.78 is 7.39. The van der Waals surface area contributed by atoms with Gasteiger partial charge in [0.2, 0.25) is 0 Å². The van der Waals surface area contributed by atoms with Gasteiger partial charge in [0.05, 0.1) is 12.8 Å². The lowest BCUT2D eigenvalue weighted by atomic mass is 10.1. The van der Waals surface area contributed by atoms with E-state index in [-0.39, 0.29) is 0 Å². The van der Waals surface area contributed by atoms with Gasteiger partial charge in [0.1, 0.15) is 12.3 Å². The number of methoxy groups -OCH3 is 1. The number of aliphatic carboxylic acids is 1. The van der Waals surface area contributed by atoms with Crippen LogP contribution >= 0.6 is 0 Å². The predicted octanol–water partition coefficient (Wildman–Crippen LogP) is 1.71. The minimum Gasteiger partial charge on any atom is -0.497 e. The van der Waals surface area contributed by atoms with Crippen LogP contribution in [0.1, 0.15) is 0 Å². The van der Waals surface area contributed by atoms with E-state index in [4.69, 9.17) is 9.84 Å². The van der Waals surface area contributed by atoms with Crippen molar-refractivity contribution in [3.63, 3.8) is 0 Å². The summed E-state index contributed by atoms with van der Waals surface area (Å²) in [5.74, 6) is -0.133. The molecule has 0 radical (unpaired) electrons. The van der Waals surface area contributed by atoms with E-state index in [1.54, 1.807) is 62.0 Å². The smallest absolute Gasteiger partial charge is 0.352 e. The van der Waals surface area contributed by atoms with Gasteiger partial charge in [-0.2, -0.15) is 0 Å². The molecule has 3 heterocycles. The Labute approximate surface area is 158 Å². The summed E-state index contributed by atoms with van der Waals surface area (Å²) in [5.41, 5.74) is 1.79. The lowest BCUT2D eigenvalue weighted by Gasteiger charge is -2.08. The third kappa shape index (κ3) is 3.09. The number of nitrogens with zero attached hydrogens (tertiary/aromatic N) is 5. The van der Waals surface area contributed by atoms with E-state index in [1.165, 1.54) is 4.40 Å². The van der Waals surface area contributed by atoms with Crippen LogP contribution in [-0.2, 0) is 11.3 Å². The molecule has 0 saturated carbocycles. The first kappa shape index (κ1) is 17.4. The first-order valence-corrected chi connectivity index (χ1v) is 8.34. The van der Waals surface area contributed by atoms with Crippen LogP contribution in [0.2, 0.25) is 0 Å². The molecule has 9 heteroatoms. The van der Waals surface area contributed by atoms with Gasteiger partial charge in [-0.25, -0.2) is 18.9 Å². The van der Waals surface area contributed by atoms with Crippen molar-refractivity contribution >= 4 is 11.6 Å². The number of hydrogen-bond acceptors (Lipinski definition) is 6. The minimum atomic E-state index is -1.15. The molecule has 0 saturated heterocycles. The van der Waals surface area contributed by atoms with Crippen LogP contribution < -0.4 is 10.4 Å². The largest absolute Gasteiger partial charge is 0.497 e. The number of carboxylic acids is 1. The molecule has 0 unspecified atom stereocenters. The van der Waals surface area contributed by atoms with Crippen LogP contribution in [0.25, 0.3) is 28.3 Å². The molecular formula is C19H15N5O4. The highest BCUT2D eigenvalue weighted by Gasteiger charge is 2.17. The maximum Gasteiger partial charge on any atom is 0.352 e. The van der Waals surface area contributed by atoms with Crippen LogP contribution in [0.3, 0.4) is 0 Å². The van der Waals surface area contributed by atoms with Gasteiger partial charge < -0.3 is 9.84 Å². The number of carboxylic acid groups (broad SMARTS) is 1. The van der Waals surface area contributed by atoms with E-state index in [0.717, 1.165) is 10.2 Å². The summed E-state index contributed by atoms with van der Waals surface area (Å²) in [7, 11) is 1.57. The Kier molecular flexibility index (Phi) is 4.32. The quantitative estimate of drug-likeness (QED) is 0.563. The van der Waals surface area contributed by atoms with E-state index < -0.39 is 18.2 Å². The zero-order chi connectivity index (χ0) is 19.7. The zero-order valence-corrected chi connectivity index (χ0v) is 14.8. The van der Waals surface area contributed by atoms with Crippen molar-refractivity contribution in [2.24, 2.45) is 0 Å². The number of aromatic nitrogens is 5. The Morgan fingerprint density at radius 3 is 2.46 bits per heavy atom. The van der Waals surface area contributed by atoms with Crippen molar-refractivity contribution in [3.8, 4) is 28.4 Å². The van der Waals surface area contributed by atoms with E-state index >= 15 is 0 Å². The number of ether oxygens (including phenoxy) is 1. The van der Waals surface area contributed by atoms with Crippen molar-refractivity contribution in [1.82, 2.24) is 24.1 Å². The average molecular weight is 377 g/mol. The molecule has 0 amide bonds. The lowest BCUT2D eigenvalue weighted by molar-refractivity contribution is -0.137. The van der Waals surface area contributed by atoms with E-state index in [2.05, 4.69) is 15.1 Å². The second-order valence-electron chi connectivity index (χ2n) is 5.96. The number of rotatable bonds is 5. The molecule has 0 aliphatic rings. The zero-order valence-electron chi connectivity index (χ0n) is 14.8. The molecule has 0 atom stereocenters. The Balaban J connectivity index is 1.99. The summed E-state index contributed by atoms with van der Waals surface area (Å²) in [6.07, 6.45) is 3.28. The topological polar surface area (TPSA) is 112 Å². The van der Waals surface area contributed by atoms with E-state index in [9.17, 15) is 9.59 Å². The molecule has 28 heavy (non-hydrogen) atoms. The fourth-order valence-electron chi connectivity index (χ4n) is 2.87. The van der Waals surface area contributed by atoms with Gasteiger partial charge in [-0.05, 0) is 36.4 Å². The SMILES string of the molecule is COc1ccc(-c2nc(-c3ccncc3)cc3nn(CC(=O)O)c(=O)n23)cc1. The molecule has 4 rings (SSSR count). The van der Waals surface area contributed by atoms with Gasteiger partial charge in [-0.15, -0.1) is 5.10 Å². The van der Waals surface area contributed by atoms with Gasteiger partial charge >= 0.3 is 11.7 Å². The molecule has 140 valence electrons. The van der Waals surface area contributed by atoms with Gasteiger partial charge in [-0.1, -0.05) is 0 Å². The Morgan fingerprint density at radius 2 is 1.82 bits per heavy atom. The van der Waals surface area contributed by atoms with Crippen molar-refractivity contribution in [1.29, 1.82) is 0 Å². The normalized spacial score (nSPS) is 10.9. The maximum absolute atomic E-state index is 12.8. The lowest BCUT2D eigenvalue weighted by Crippen LogP contribution is -2.25. The summed E-state index contributed by atoms with van der Waals surface area (Å²) >= 11 is 0. The molecule has 0 spiro atoms. The number of pyridine rings is 1. The van der Waals surface area contributed by atoms with Gasteiger partial charge in [0, 0.05) is 29.6 Å². The molecule has 9 nitrogen and oxygen atoms in total. The molecular weight excluding hydrogens is 362 g/mol. The molecule has 1 N–H and O–H groups in total. The summed E-state index contributed by atoms with van der Waals surface area (Å²) in [4.78, 5) is 32.5. The number of benzene rings is 1. The number of fused-ring (bicyclic) bond motifs is 1. The standard InChI is InChI=1S/C19H15N5O4/c1-28-14-4-2-13(3-5-14)18-21-15(12-6-8-20-9-7-12)10-16-22-23(11-17(25)26)19(27)24(16)18/h2-10H,11H2,1H3,(H,25,26). The highest BCUT2D eigenvalue weighted by molar-refractivity contribution is 5.70. The van der Waals surface area contributed by atoms with Crippen LogP contribution in [0.15, 0.2) is 59.7 Å². The van der Waals surface area contributed by atoms with Gasteiger partial charge in [-0.3, -0.25) is 9.78 Å². The number of carbonyl (C=O) groups is 1. The molecule has 0 aliphatic carbocycles. The van der Waals surface area contributed by atoms with Crippen molar-refractivity contribution < 1.29 is 14.6 Å². The first-order chi connectivity index (χ1) is 13.6. The van der Waals surface area contributed by atoms with Crippen molar-refractivity contribution in [3.05, 3.63) is 65.3 Å². The highest BCUT2D eigenvalue weighted by Crippen LogP contribution is 2.25. The van der Waals surface area contributed by atoms with Gasteiger partial charge in [0.15, 0.2) is 11.5 Å². The minimum absolute atomic E-state index is 0.305. The van der Waals surface area contributed by atoms with Gasteiger partial charge in [0.25, 0.3) is 0 Å². The second kappa shape index (κ2) is 6.95. The third-order valence-corrected chi connectivity index (χ3v) is 4.18. The highest BCUT2D eigenvalue weighted by atomic mass is 16.5. The molecule has 0 fully saturated rings. The fourth-order valence-corrected chi connectivity index (χ4v) is 2.87. The predicted molar refractivity (Wildman–Crippen MR) is 100 cm³/mol. The maximum atomic E-state index is 12.8. The summed E-state index contributed by atoms with van der Waals surface area (Å²) in [5, 5.41) is 13.2. The molecule has 0 bridgehead atoms. The molecule has 3 aromatic heterocycles. The van der Waals surface area contributed by atoms with Crippen LogP contribution in [-0.4, -0.2) is 42.3 Å². The second-order valence-corrected chi connectivity index (χ2v) is 5.96.